The monoisotopic (exact) mass is 351 g/mol. The van der Waals surface area contributed by atoms with Gasteiger partial charge in [-0.1, -0.05) is 23.2 Å². The second-order valence-corrected chi connectivity index (χ2v) is 5.79. The van der Waals surface area contributed by atoms with Crippen LogP contribution in [0.15, 0.2) is 36.5 Å². The Morgan fingerprint density at radius 2 is 1.96 bits per heavy atom. The summed E-state index contributed by atoms with van der Waals surface area (Å²) >= 11 is 12.0. The van der Waals surface area contributed by atoms with Gasteiger partial charge in [0.2, 0.25) is 5.91 Å². The number of carbonyl (C=O) groups excluding carboxylic acids is 2. The lowest BCUT2D eigenvalue weighted by atomic mass is 10.2. The van der Waals surface area contributed by atoms with E-state index in [1.54, 1.807) is 30.3 Å². The molecule has 1 aromatic heterocycles. The number of benzene rings is 1. The molecule has 5 nitrogen and oxygen atoms in total. The van der Waals surface area contributed by atoms with Crippen LogP contribution in [0.2, 0.25) is 10.0 Å². The molecule has 0 fully saturated rings. The van der Waals surface area contributed by atoms with E-state index in [4.69, 9.17) is 23.2 Å². The van der Waals surface area contributed by atoms with E-state index in [1.807, 2.05) is 0 Å². The summed E-state index contributed by atoms with van der Waals surface area (Å²) in [6.45, 7) is 1.84. The maximum absolute atomic E-state index is 11.5. The Morgan fingerprint density at radius 1 is 1.17 bits per heavy atom. The first-order chi connectivity index (χ1) is 10.9. The third kappa shape index (κ3) is 5.54. The van der Waals surface area contributed by atoms with Gasteiger partial charge in [-0.3, -0.25) is 9.59 Å². The SMILES string of the molecule is CC(=O)CC(=O)Nc1ccc(NCc2cc(Cl)ccc2Cl)nc1. The van der Waals surface area contributed by atoms with Crippen LogP contribution in [0.4, 0.5) is 11.5 Å². The Balaban J connectivity index is 1.93. The zero-order chi connectivity index (χ0) is 16.8. The molecule has 1 amide bonds. The smallest absolute Gasteiger partial charge is 0.231 e. The highest BCUT2D eigenvalue weighted by Gasteiger charge is 2.06. The first kappa shape index (κ1) is 17.2. The molecule has 7 heteroatoms. The first-order valence-corrected chi connectivity index (χ1v) is 7.63. The molecular weight excluding hydrogens is 337 g/mol. The molecule has 0 saturated heterocycles. The fourth-order valence-corrected chi connectivity index (χ4v) is 2.25. The third-order valence-electron chi connectivity index (χ3n) is 2.92. The Morgan fingerprint density at radius 3 is 2.61 bits per heavy atom. The van der Waals surface area contributed by atoms with Crippen molar-refractivity contribution in [1.82, 2.24) is 4.98 Å². The molecule has 2 rings (SSSR count). The predicted octanol–water partition coefficient (Wildman–Crippen LogP) is 3.92. The fourth-order valence-electron chi connectivity index (χ4n) is 1.87. The predicted molar refractivity (Wildman–Crippen MR) is 92.0 cm³/mol. The van der Waals surface area contributed by atoms with Crippen LogP contribution in [-0.4, -0.2) is 16.7 Å². The van der Waals surface area contributed by atoms with E-state index in [0.29, 0.717) is 28.1 Å². The van der Waals surface area contributed by atoms with Crippen molar-refractivity contribution in [1.29, 1.82) is 0 Å². The molecule has 0 saturated carbocycles. The lowest BCUT2D eigenvalue weighted by molar-refractivity contribution is -0.124. The molecular formula is C16H15Cl2N3O2. The van der Waals surface area contributed by atoms with E-state index in [9.17, 15) is 9.59 Å². The summed E-state index contributed by atoms with van der Waals surface area (Å²) in [4.78, 5) is 26.5. The number of amides is 1. The van der Waals surface area contributed by atoms with Gasteiger partial charge in [0.1, 0.15) is 11.6 Å². The molecule has 0 aliphatic carbocycles. The molecule has 0 spiro atoms. The van der Waals surface area contributed by atoms with Crippen LogP contribution in [0.25, 0.3) is 0 Å². The molecule has 2 N–H and O–H groups in total. The molecule has 1 heterocycles. The highest BCUT2D eigenvalue weighted by molar-refractivity contribution is 6.33. The Bertz CT molecular complexity index is 718. The zero-order valence-electron chi connectivity index (χ0n) is 12.4. The van der Waals surface area contributed by atoms with Gasteiger partial charge in [0, 0.05) is 16.6 Å². The van der Waals surface area contributed by atoms with E-state index in [2.05, 4.69) is 15.6 Å². The number of nitrogens with zero attached hydrogens (tertiary/aromatic N) is 1. The minimum absolute atomic E-state index is 0.146. The van der Waals surface area contributed by atoms with Crippen molar-refractivity contribution in [3.05, 3.63) is 52.1 Å². The van der Waals surface area contributed by atoms with Crippen LogP contribution in [-0.2, 0) is 16.1 Å². The number of ketones is 1. The van der Waals surface area contributed by atoms with Crippen LogP contribution < -0.4 is 10.6 Å². The maximum Gasteiger partial charge on any atom is 0.231 e. The number of Topliss-reactive ketones (excluding diaryl/α,β-unsaturated/α-hetero) is 1. The maximum atomic E-state index is 11.5. The first-order valence-electron chi connectivity index (χ1n) is 6.87. The second kappa shape index (κ2) is 7.94. The van der Waals surface area contributed by atoms with E-state index >= 15 is 0 Å². The Hall–Kier alpha value is -2.11. The highest BCUT2D eigenvalue weighted by Crippen LogP contribution is 2.21. The summed E-state index contributed by atoms with van der Waals surface area (Å²) in [6, 6.07) is 8.67. The number of carbonyl (C=O) groups is 2. The molecule has 0 radical (unpaired) electrons. The summed E-state index contributed by atoms with van der Waals surface area (Å²) < 4.78 is 0. The normalized spacial score (nSPS) is 10.2. The molecule has 0 aliphatic heterocycles. The summed E-state index contributed by atoms with van der Waals surface area (Å²) in [6.07, 6.45) is 1.37. The van der Waals surface area contributed by atoms with Gasteiger partial charge in [-0.25, -0.2) is 4.98 Å². The average molecular weight is 352 g/mol. The molecule has 0 aliphatic rings. The van der Waals surface area contributed by atoms with Crippen LogP contribution in [0.3, 0.4) is 0 Å². The van der Waals surface area contributed by atoms with Crippen molar-refractivity contribution < 1.29 is 9.59 Å². The van der Waals surface area contributed by atoms with Crippen molar-refractivity contribution in [2.24, 2.45) is 0 Å². The van der Waals surface area contributed by atoms with E-state index < -0.39 is 0 Å². The van der Waals surface area contributed by atoms with E-state index in [0.717, 1.165) is 5.56 Å². The number of aromatic nitrogens is 1. The van der Waals surface area contributed by atoms with Crippen molar-refractivity contribution in [2.75, 3.05) is 10.6 Å². The minimum atomic E-state index is -0.356. The van der Waals surface area contributed by atoms with Gasteiger partial charge in [-0.05, 0) is 42.8 Å². The summed E-state index contributed by atoms with van der Waals surface area (Å²) in [5.74, 6) is 0.0866. The summed E-state index contributed by atoms with van der Waals surface area (Å²) in [5.41, 5.74) is 1.39. The van der Waals surface area contributed by atoms with Crippen molar-refractivity contribution in [2.45, 2.75) is 19.9 Å². The number of nitrogens with one attached hydrogen (secondary N) is 2. The second-order valence-electron chi connectivity index (χ2n) is 4.95. The fraction of sp³-hybridized carbons (Fsp3) is 0.188. The molecule has 1 aromatic carbocycles. The largest absolute Gasteiger partial charge is 0.366 e. The number of halogens is 2. The van der Waals surface area contributed by atoms with Gasteiger partial charge in [-0.15, -0.1) is 0 Å². The van der Waals surface area contributed by atoms with Gasteiger partial charge in [0.15, 0.2) is 0 Å². The van der Waals surface area contributed by atoms with Crippen LogP contribution in [0.1, 0.15) is 18.9 Å². The summed E-state index contributed by atoms with van der Waals surface area (Å²) in [5, 5.41) is 6.96. The third-order valence-corrected chi connectivity index (χ3v) is 3.53. The molecule has 0 bridgehead atoms. The van der Waals surface area contributed by atoms with Gasteiger partial charge in [0.25, 0.3) is 0 Å². The van der Waals surface area contributed by atoms with Crippen molar-refractivity contribution in [3.8, 4) is 0 Å². The topological polar surface area (TPSA) is 71.1 Å². The standard InChI is InChI=1S/C16H15Cl2N3O2/c1-10(22)6-16(23)21-13-3-5-15(20-9-13)19-8-11-7-12(17)2-4-14(11)18/h2-5,7,9H,6,8H2,1H3,(H,19,20)(H,21,23). The quantitative estimate of drug-likeness (QED) is 0.773. The number of anilines is 2. The Labute approximate surface area is 144 Å². The van der Waals surface area contributed by atoms with E-state index in [1.165, 1.54) is 13.1 Å². The van der Waals surface area contributed by atoms with Crippen molar-refractivity contribution in [3.63, 3.8) is 0 Å². The van der Waals surface area contributed by atoms with Gasteiger partial charge < -0.3 is 10.6 Å². The average Bonchev–Trinajstić information content (AvgIpc) is 2.49. The lowest BCUT2D eigenvalue weighted by Gasteiger charge is -2.09. The number of pyridine rings is 1. The van der Waals surface area contributed by atoms with Crippen LogP contribution in [0.5, 0.6) is 0 Å². The number of hydrogen-bond acceptors (Lipinski definition) is 4. The highest BCUT2D eigenvalue weighted by atomic mass is 35.5. The van der Waals surface area contributed by atoms with E-state index in [-0.39, 0.29) is 18.1 Å². The van der Waals surface area contributed by atoms with Crippen LogP contribution >= 0.6 is 23.2 Å². The zero-order valence-corrected chi connectivity index (χ0v) is 13.9. The summed E-state index contributed by atoms with van der Waals surface area (Å²) in [7, 11) is 0. The molecule has 2 aromatic rings. The van der Waals surface area contributed by atoms with Gasteiger partial charge in [-0.2, -0.15) is 0 Å². The molecule has 23 heavy (non-hydrogen) atoms. The van der Waals surface area contributed by atoms with Crippen molar-refractivity contribution >= 4 is 46.4 Å². The van der Waals surface area contributed by atoms with Crippen LogP contribution in [0, 0.1) is 0 Å². The number of rotatable bonds is 6. The molecule has 120 valence electrons. The Kier molecular flexibility index (Phi) is 5.96. The lowest BCUT2D eigenvalue weighted by Crippen LogP contribution is -2.14. The van der Waals surface area contributed by atoms with Gasteiger partial charge >= 0.3 is 0 Å². The molecule has 0 atom stereocenters. The molecule has 0 unspecified atom stereocenters. The minimum Gasteiger partial charge on any atom is -0.366 e. The van der Waals surface area contributed by atoms with Gasteiger partial charge in [0.05, 0.1) is 18.3 Å². The number of hydrogen-bond donors (Lipinski definition) is 2.